The summed E-state index contributed by atoms with van der Waals surface area (Å²) in [4.78, 5) is 23.6. The summed E-state index contributed by atoms with van der Waals surface area (Å²) < 4.78 is 14.3. The van der Waals surface area contributed by atoms with Gasteiger partial charge in [0, 0.05) is 11.2 Å². The Kier molecular flexibility index (Phi) is 9.56. The highest BCUT2D eigenvalue weighted by molar-refractivity contribution is 7.80. The second kappa shape index (κ2) is 10.9. The number of hydrogen-bond donors (Lipinski definition) is 2. The summed E-state index contributed by atoms with van der Waals surface area (Å²) in [5.41, 5.74) is 3.76. The van der Waals surface area contributed by atoms with Crippen LogP contribution in [0, 0.1) is 0 Å². The lowest BCUT2D eigenvalue weighted by atomic mass is 9.84. The van der Waals surface area contributed by atoms with Gasteiger partial charge in [0.05, 0.1) is 7.11 Å². The molecule has 2 rings (SSSR count). The van der Waals surface area contributed by atoms with Crippen molar-refractivity contribution in [1.82, 2.24) is 5.48 Å². The molecular weight excluding hydrogens is 353 g/mol. The van der Waals surface area contributed by atoms with Gasteiger partial charge in [-0.3, -0.25) is 0 Å². The van der Waals surface area contributed by atoms with E-state index >= 15 is 0 Å². The average molecular weight is 378 g/mol. The zero-order valence-corrected chi connectivity index (χ0v) is 15.6. The molecule has 0 saturated heterocycles. The standard InChI is InChI=1S/C12H16.C4H9ClNO5P/c1-3-7-11(8-4-1)12-9-5-2-6-10-12;1-3(6-10-2)4(7)11-12(5,8)9/h1,3-4,7-8,12H,2,5-6,9-10H2;3,6H,1-2H3,(H,8,9)/t;3-/m.0/s1. The Balaban J connectivity index is 0.000000240. The number of carbonyl (C=O) groups is 1. The molecule has 0 amide bonds. The van der Waals surface area contributed by atoms with Gasteiger partial charge in [0.1, 0.15) is 6.04 Å². The Morgan fingerprint density at radius 2 is 1.88 bits per heavy atom. The zero-order valence-electron chi connectivity index (χ0n) is 14.0. The molecule has 0 bridgehead atoms. The van der Waals surface area contributed by atoms with Crippen molar-refractivity contribution in [1.29, 1.82) is 0 Å². The van der Waals surface area contributed by atoms with E-state index in [9.17, 15) is 9.36 Å². The summed E-state index contributed by atoms with van der Waals surface area (Å²) in [6, 6.07) is 10.1. The van der Waals surface area contributed by atoms with Gasteiger partial charge in [0.2, 0.25) is 0 Å². The van der Waals surface area contributed by atoms with E-state index in [0.717, 1.165) is 5.92 Å². The lowest BCUT2D eigenvalue weighted by Crippen LogP contribution is -2.33. The van der Waals surface area contributed by atoms with Crippen molar-refractivity contribution in [3.8, 4) is 0 Å². The molecule has 1 aromatic rings. The highest BCUT2D eigenvalue weighted by Crippen LogP contribution is 2.47. The van der Waals surface area contributed by atoms with E-state index in [1.807, 2.05) is 0 Å². The van der Waals surface area contributed by atoms with Crippen LogP contribution in [0.15, 0.2) is 30.3 Å². The van der Waals surface area contributed by atoms with Crippen molar-refractivity contribution in [2.75, 3.05) is 7.11 Å². The number of rotatable bonds is 5. The maximum Gasteiger partial charge on any atom is 0.476 e. The summed E-state index contributed by atoms with van der Waals surface area (Å²) in [7, 11) is 1.29. The average Bonchev–Trinajstić information content (AvgIpc) is 2.56. The molecule has 1 unspecified atom stereocenters. The van der Waals surface area contributed by atoms with Gasteiger partial charge in [-0.05, 0) is 31.2 Å². The maximum absolute atomic E-state index is 10.8. The fourth-order valence-electron chi connectivity index (χ4n) is 2.58. The minimum atomic E-state index is -4.27. The first-order valence-corrected chi connectivity index (χ1v) is 10.4. The van der Waals surface area contributed by atoms with Crippen LogP contribution in [0.5, 0.6) is 0 Å². The Bertz CT molecular complexity index is 531. The lowest BCUT2D eigenvalue weighted by Gasteiger charge is -2.21. The molecule has 1 aliphatic carbocycles. The first-order chi connectivity index (χ1) is 11.3. The largest absolute Gasteiger partial charge is 0.476 e. The van der Waals surface area contributed by atoms with Gasteiger partial charge >= 0.3 is 12.9 Å². The van der Waals surface area contributed by atoms with Crippen molar-refractivity contribution in [2.45, 2.75) is 51.0 Å². The third kappa shape index (κ3) is 8.81. The van der Waals surface area contributed by atoms with E-state index in [1.54, 1.807) is 5.56 Å². The summed E-state index contributed by atoms with van der Waals surface area (Å²) >= 11 is 4.77. The number of hydroxylamine groups is 1. The van der Waals surface area contributed by atoms with Crippen molar-refractivity contribution in [3.05, 3.63) is 35.9 Å². The molecule has 1 aromatic carbocycles. The van der Waals surface area contributed by atoms with Crippen LogP contribution in [0.3, 0.4) is 0 Å². The van der Waals surface area contributed by atoms with Crippen LogP contribution in [-0.4, -0.2) is 24.0 Å². The molecule has 0 aromatic heterocycles. The second-order valence-electron chi connectivity index (χ2n) is 5.65. The predicted octanol–water partition coefficient (Wildman–Crippen LogP) is 4.14. The van der Waals surface area contributed by atoms with E-state index < -0.39 is 19.0 Å². The summed E-state index contributed by atoms with van der Waals surface area (Å²) in [6.07, 6.45) is 7.12. The Morgan fingerprint density at radius 3 is 2.38 bits per heavy atom. The molecule has 1 aliphatic rings. The predicted molar refractivity (Wildman–Crippen MR) is 93.6 cm³/mol. The molecule has 8 heteroatoms. The van der Waals surface area contributed by atoms with Crippen molar-refractivity contribution >= 4 is 24.2 Å². The fraction of sp³-hybridized carbons (Fsp3) is 0.562. The third-order valence-electron chi connectivity index (χ3n) is 3.73. The molecular formula is C16H25ClNO5P. The van der Waals surface area contributed by atoms with Crippen LogP contribution in [0.2, 0.25) is 0 Å². The summed E-state index contributed by atoms with van der Waals surface area (Å²) in [5.74, 6) is -0.0994. The quantitative estimate of drug-likeness (QED) is 0.592. The first kappa shape index (κ1) is 21.1. The third-order valence-corrected chi connectivity index (χ3v) is 4.34. The Labute approximate surface area is 147 Å². The number of hydrogen-bond acceptors (Lipinski definition) is 5. The van der Waals surface area contributed by atoms with Gasteiger partial charge in [-0.2, -0.15) is 5.48 Å². The minimum Gasteiger partial charge on any atom is -0.379 e. The van der Waals surface area contributed by atoms with Crippen LogP contribution >= 0.6 is 18.2 Å². The van der Waals surface area contributed by atoms with E-state index in [-0.39, 0.29) is 0 Å². The highest BCUT2D eigenvalue weighted by Gasteiger charge is 2.24. The number of nitrogens with one attached hydrogen (secondary N) is 1. The SMILES string of the molecule is CON[C@@H](C)C(=O)OP(=O)(O)Cl.c1ccc(C2CCCCC2)cc1. The van der Waals surface area contributed by atoms with Gasteiger partial charge in [-0.15, -0.1) is 0 Å². The first-order valence-electron chi connectivity index (χ1n) is 7.93. The van der Waals surface area contributed by atoms with Gasteiger partial charge in [0.15, 0.2) is 0 Å². The van der Waals surface area contributed by atoms with Crippen molar-refractivity contribution < 1.29 is 23.6 Å². The number of halogens is 1. The summed E-state index contributed by atoms with van der Waals surface area (Å²) in [6.45, 7) is -2.88. The summed E-state index contributed by atoms with van der Waals surface area (Å²) in [5, 5.41) is 0. The smallest absolute Gasteiger partial charge is 0.379 e. The van der Waals surface area contributed by atoms with Crippen molar-refractivity contribution in [3.63, 3.8) is 0 Å². The molecule has 0 spiro atoms. The normalized spacial score (nSPS) is 18.7. The number of benzene rings is 1. The van der Waals surface area contributed by atoms with Gasteiger partial charge in [0.25, 0.3) is 0 Å². The van der Waals surface area contributed by atoms with Crippen LogP contribution in [0.25, 0.3) is 0 Å². The van der Waals surface area contributed by atoms with Gasteiger partial charge in [-0.25, -0.2) is 9.36 Å². The minimum absolute atomic E-state index is 0.853. The molecule has 136 valence electrons. The monoisotopic (exact) mass is 377 g/mol. The highest BCUT2D eigenvalue weighted by atomic mass is 35.7. The van der Waals surface area contributed by atoms with Crippen molar-refractivity contribution in [2.24, 2.45) is 0 Å². The van der Waals surface area contributed by atoms with Crippen LogP contribution in [0.4, 0.5) is 0 Å². The van der Waals surface area contributed by atoms with Gasteiger partial charge < -0.3 is 14.3 Å². The molecule has 24 heavy (non-hydrogen) atoms. The second-order valence-corrected chi connectivity index (χ2v) is 8.02. The maximum atomic E-state index is 10.8. The molecule has 0 aliphatic heterocycles. The van der Waals surface area contributed by atoms with E-state index in [0.29, 0.717) is 0 Å². The molecule has 0 radical (unpaired) electrons. The van der Waals surface area contributed by atoms with Crippen LogP contribution in [-0.2, 0) is 18.7 Å². The van der Waals surface area contributed by atoms with Crippen LogP contribution in [0.1, 0.15) is 50.5 Å². The Hall–Kier alpha value is -0.910. The van der Waals surface area contributed by atoms with Gasteiger partial charge in [-0.1, -0.05) is 49.6 Å². The molecule has 1 saturated carbocycles. The lowest BCUT2D eigenvalue weighted by molar-refractivity contribution is -0.139. The van der Waals surface area contributed by atoms with E-state index in [1.165, 1.54) is 46.1 Å². The molecule has 0 heterocycles. The molecule has 2 N–H and O–H groups in total. The topological polar surface area (TPSA) is 84.9 Å². The van der Waals surface area contributed by atoms with E-state index in [2.05, 4.69) is 45.2 Å². The zero-order chi connectivity index (χ0) is 18.0. The Morgan fingerprint density at radius 1 is 1.29 bits per heavy atom. The molecule has 1 fully saturated rings. The van der Waals surface area contributed by atoms with E-state index in [4.69, 9.17) is 16.1 Å². The number of carbonyl (C=O) groups excluding carboxylic acids is 1. The molecule has 6 nitrogen and oxygen atoms in total. The fourth-order valence-corrected chi connectivity index (χ4v) is 3.16. The van der Waals surface area contributed by atoms with Crippen LogP contribution < -0.4 is 5.48 Å². The molecule has 2 atom stereocenters.